The summed E-state index contributed by atoms with van der Waals surface area (Å²) in [6.45, 7) is 4.71. The Hall–Kier alpha value is -1.29. The maximum absolute atomic E-state index is 5.35. The van der Waals surface area contributed by atoms with Gasteiger partial charge in [0.25, 0.3) is 0 Å². The maximum Gasteiger partial charge on any atom is 0.177 e. The molecular formula is C10H12N2OS. The fraction of sp³-hybridized carbons (Fsp3) is 0.300. The normalized spacial score (nSPS) is 10.7. The number of hydrogen-bond acceptors (Lipinski definition) is 2. The number of nitrogens with one attached hydrogen (secondary N) is 1. The van der Waals surface area contributed by atoms with E-state index in [4.69, 9.17) is 16.6 Å². The minimum Gasteiger partial charge on any atom is -0.467 e. The van der Waals surface area contributed by atoms with Crippen molar-refractivity contribution in [2.24, 2.45) is 0 Å². The number of aromatic amines is 1. The molecule has 2 aromatic rings. The fourth-order valence-corrected chi connectivity index (χ4v) is 1.68. The largest absolute Gasteiger partial charge is 0.467 e. The first kappa shape index (κ1) is 9.27. The second-order valence-electron chi connectivity index (χ2n) is 3.40. The molecule has 0 atom stereocenters. The zero-order valence-electron chi connectivity index (χ0n) is 8.20. The third-order valence-corrected chi connectivity index (χ3v) is 2.53. The van der Waals surface area contributed by atoms with E-state index in [0.717, 1.165) is 21.8 Å². The number of imidazole rings is 1. The molecule has 0 saturated heterocycles. The summed E-state index contributed by atoms with van der Waals surface area (Å²) >= 11 is 5.15. The van der Waals surface area contributed by atoms with Crippen molar-refractivity contribution in [2.75, 3.05) is 0 Å². The molecule has 4 heteroatoms. The lowest BCUT2D eigenvalue weighted by Gasteiger charge is -1.99. The van der Waals surface area contributed by atoms with Gasteiger partial charge >= 0.3 is 0 Å². The Labute approximate surface area is 87.4 Å². The van der Waals surface area contributed by atoms with Crippen molar-refractivity contribution in [3.05, 3.63) is 40.3 Å². The minimum absolute atomic E-state index is 0.696. The number of H-pyrrole nitrogens is 1. The van der Waals surface area contributed by atoms with Gasteiger partial charge in [-0.05, 0) is 37.7 Å². The van der Waals surface area contributed by atoms with Gasteiger partial charge in [0.15, 0.2) is 4.77 Å². The summed E-state index contributed by atoms with van der Waals surface area (Å²) in [4.78, 5) is 3.08. The van der Waals surface area contributed by atoms with Crippen LogP contribution in [0.1, 0.15) is 17.0 Å². The van der Waals surface area contributed by atoms with Gasteiger partial charge in [-0.3, -0.25) is 0 Å². The van der Waals surface area contributed by atoms with E-state index >= 15 is 0 Å². The van der Waals surface area contributed by atoms with Crippen molar-refractivity contribution in [1.82, 2.24) is 9.55 Å². The fourth-order valence-electron chi connectivity index (χ4n) is 1.40. The Morgan fingerprint density at radius 2 is 2.29 bits per heavy atom. The van der Waals surface area contributed by atoms with E-state index in [1.807, 2.05) is 30.7 Å². The van der Waals surface area contributed by atoms with E-state index in [1.165, 1.54) is 0 Å². The molecule has 3 nitrogen and oxygen atoms in total. The summed E-state index contributed by atoms with van der Waals surface area (Å²) in [5, 5.41) is 0. The van der Waals surface area contributed by atoms with Crippen molar-refractivity contribution in [3.63, 3.8) is 0 Å². The second-order valence-corrected chi connectivity index (χ2v) is 3.78. The second kappa shape index (κ2) is 3.46. The van der Waals surface area contributed by atoms with Crippen molar-refractivity contribution >= 4 is 12.2 Å². The van der Waals surface area contributed by atoms with Gasteiger partial charge in [0, 0.05) is 11.9 Å². The topological polar surface area (TPSA) is 33.9 Å². The highest BCUT2D eigenvalue weighted by Crippen LogP contribution is 2.11. The number of hydrogen-bond donors (Lipinski definition) is 1. The molecule has 0 fully saturated rings. The van der Waals surface area contributed by atoms with E-state index in [2.05, 4.69) is 4.98 Å². The lowest BCUT2D eigenvalue weighted by Crippen LogP contribution is -1.97. The van der Waals surface area contributed by atoms with Gasteiger partial charge in [0.2, 0.25) is 0 Å². The van der Waals surface area contributed by atoms with Crippen molar-refractivity contribution in [2.45, 2.75) is 20.4 Å². The van der Waals surface area contributed by atoms with Gasteiger partial charge in [0.05, 0.1) is 12.8 Å². The molecule has 0 aliphatic heterocycles. The van der Waals surface area contributed by atoms with Crippen LogP contribution < -0.4 is 0 Å². The standard InChI is InChI=1S/C10H12N2OS/c1-7-3-4-13-9(7)6-12-5-8(2)11-10(12)14/h3-5H,6H2,1-2H3,(H,11,14). The number of rotatable bonds is 2. The Bertz CT molecular complexity index is 492. The van der Waals surface area contributed by atoms with Crippen LogP contribution in [0.25, 0.3) is 0 Å². The summed E-state index contributed by atoms with van der Waals surface area (Å²) in [5.74, 6) is 0.958. The van der Waals surface area contributed by atoms with E-state index in [1.54, 1.807) is 6.26 Å². The van der Waals surface area contributed by atoms with Crippen LogP contribution in [0.3, 0.4) is 0 Å². The molecule has 0 aromatic carbocycles. The van der Waals surface area contributed by atoms with Gasteiger partial charge in [0.1, 0.15) is 5.76 Å². The van der Waals surface area contributed by atoms with Crippen LogP contribution in [0.15, 0.2) is 22.9 Å². The van der Waals surface area contributed by atoms with Crippen LogP contribution >= 0.6 is 12.2 Å². The van der Waals surface area contributed by atoms with E-state index < -0.39 is 0 Å². The Morgan fingerprint density at radius 3 is 2.79 bits per heavy atom. The zero-order chi connectivity index (χ0) is 10.1. The molecule has 14 heavy (non-hydrogen) atoms. The molecule has 0 aliphatic rings. The molecule has 0 unspecified atom stereocenters. The minimum atomic E-state index is 0.696. The molecular weight excluding hydrogens is 196 g/mol. The third kappa shape index (κ3) is 1.65. The molecule has 0 bridgehead atoms. The predicted molar refractivity (Wildman–Crippen MR) is 56.9 cm³/mol. The number of aryl methyl sites for hydroxylation is 2. The molecule has 0 amide bonds. The molecule has 0 radical (unpaired) electrons. The van der Waals surface area contributed by atoms with Crippen LogP contribution in [-0.2, 0) is 6.54 Å². The van der Waals surface area contributed by atoms with Gasteiger partial charge in [-0.25, -0.2) is 0 Å². The highest BCUT2D eigenvalue weighted by molar-refractivity contribution is 7.71. The summed E-state index contributed by atoms with van der Waals surface area (Å²) in [5.41, 5.74) is 2.23. The molecule has 74 valence electrons. The highest BCUT2D eigenvalue weighted by Gasteiger charge is 2.04. The number of furan rings is 1. The summed E-state index contributed by atoms with van der Waals surface area (Å²) in [6, 6.07) is 1.96. The van der Waals surface area contributed by atoms with Gasteiger partial charge in [-0.15, -0.1) is 0 Å². The van der Waals surface area contributed by atoms with Crippen LogP contribution in [0, 0.1) is 18.6 Å². The number of nitrogens with zero attached hydrogens (tertiary/aromatic N) is 1. The Morgan fingerprint density at radius 1 is 1.50 bits per heavy atom. The first-order chi connectivity index (χ1) is 6.66. The van der Waals surface area contributed by atoms with Crippen molar-refractivity contribution < 1.29 is 4.42 Å². The van der Waals surface area contributed by atoms with Crippen LogP contribution in [0.4, 0.5) is 0 Å². The third-order valence-electron chi connectivity index (χ3n) is 2.20. The van der Waals surface area contributed by atoms with E-state index in [9.17, 15) is 0 Å². The molecule has 1 N–H and O–H groups in total. The van der Waals surface area contributed by atoms with Crippen LogP contribution in [0.5, 0.6) is 0 Å². The van der Waals surface area contributed by atoms with Crippen molar-refractivity contribution in [3.8, 4) is 0 Å². The smallest absolute Gasteiger partial charge is 0.177 e. The lowest BCUT2D eigenvalue weighted by molar-refractivity contribution is 0.489. The Kier molecular flexibility index (Phi) is 2.29. The van der Waals surface area contributed by atoms with Gasteiger partial charge < -0.3 is 14.0 Å². The van der Waals surface area contributed by atoms with Gasteiger partial charge in [-0.1, -0.05) is 0 Å². The van der Waals surface area contributed by atoms with Crippen molar-refractivity contribution in [1.29, 1.82) is 0 Å². The van der Waals surface area contributed by atoms with E-state index in [0.29, 0.717) is 6.54 Å². The summed E-state index contributed by atoms with van der Waals surface area (Å²) in [6.07, 6.45) is 3.69. The predicted octanol–water partition coefficient (Wildman–Crippen LogP) is 2.80. The molecule has 0 saturated carbocycles. The maximum atomic E-state index is 5.35. The molecule has 2 aromatic heterocycles. The molecule has 2 rings (SSSR count). The van der Waals surface area contributed by atoms with Gasteiger partial charge in [-0.2, -0.15) is 0 Å². The number of aromatic nitrogens is 2. The quantitative estimate of drug-likeness (QED) is 0.770. The lowest BCUT2D eigenvalue weighted by atomic mass is 10.3. The average molecular weight is 208 g/mol. The molecule has 2 heterocycles. The summed E-state index contributed by atoms with van der Waals surface area (Å²) in [7, 11) is 0. The molecule has 0 spiro atoms. The first-order valence-corrected chi connectivity index (χ1v) is 4.86. The zero-order valence-corrected chi connectivity index (χ0v) is 9.02. The first-order valence-electron chi connectivity index (χ1n) is 4.46. The van der Waals surface area contributed by atoms with Crippen LogP contribution in [-0.4, -0.2) is 9.55 Å². The highest BCUT2D eigenvalue weighted by atomic mass is 32.1. The monoisotopic (exact) mass is 208 g/mol. The average Bonchev–Trinajstić information content (AvgIpc) is 2.62. The summed E-state index contributed by atoms with van der Waals surface area (Å²) < 4.78 is 8.05. The van der Waals surface area contributed by atoms with E-state index in [-0.39, 0.29) is 0 Å². The Balaban J connectivity index is 2.31. The van der Waals surface area contributed by atoms with Crippen LogP contribution in [0.2, 0.25) is 0 Å². The molecule has 0 aliphatic carbocycles. The SMILES string of the molecule is Cc1cn(Cc2occc2C)c(=S)[nH]1.